The first-order chi connectivity index (χ1) is 11.5. The molecule has 0 saturated carbocycles. The molecule has 2 aromatic carbocycles. The first kappa shape index (κ1) is 16.6. The molecule has 0 saturated heterocycles. The van der Waals surface area contributed by atoms with Crippen LogP contribution in [0.5, 0.6) is 0 Å². The minimum Gasteiger partial charge on any atom is -0.383 e. The van der Waals surface area contributed by atoms with Crippen LogP contribution in [0.25, 0.3) is 11.1 Å². The Morgan fingerprint density at radius 2 is 1.83 bits per heavy atom. The number of aromatic nitrogens is 2. The molecule has 1 aromatic heterocycles. The summed E-state index contributed by atoms with van der Waals surface area (Å²) in [6, 6.07) is 14.1. The Bertz CT molecular complexity index is 966. The second-order valence-corrected chi connectivity index (χ2v) is 6.17. The van der Waals surface area contributed by atoms with E-state index in [-0.39, 0.29) is 16.5 Å². The summed E-state index contributed by atoms with van der Waals surface area (Å²) in [6.07, 6.45) is 0. The van der Waals surface area contributed by atoms with Crippen molar-refractivity contribution in [3.8, 4) is 11.1 Å². The Morgan fingerprint density at radius 1 is 1.12 bits per heavy atom. The van der Waals surface area contributed by atoms with Crippen LogP contribution in [-0.4, -0.2) is 14.9 Å². The molecule has 0 fully saturated rings. The lowest BCUT2D eigenvalue weighted by Crippen LogP contribution is -2.29. The van der Waals surface area contributed by atoms with Gasteiger partial charge in [-0.1, -0.05) is 53.5 Å². The minimum absolute atomic E-state index is 0.146. The zero-order chi connectivity index (χ0) is 17.3. The fourth-order valence-electron chi connectivity index (χ4n) is 2.23. The van der Waals surface area contributed by atoms with E-state index in [0.717, 1.165) is 0 Å². The molecule has 3 aromatic rings. The van der Waals surface area contributed by atoms with Gasteiger partial charge in [-0.3, -0.25) is 9.89 Å². The number of halogens is 2. The highest BCUT2D eigenvalue weighted by molar-refractivity contribution is 7.80. The number of hydrogen-bond acceptors (Lipinski definition) is 3. The first-order valence-corrected chi connectivity index (χ1v) is 8.06. The number of rotatable bonds is 2. The molecule has 0 aliphatic heterocycles. The summed E-state index contributed by atoms with van der Waals surface area (Å²) < 4.78 is 1.18. The van der Waals surface area contributed by atoms with Crippen molar-refractivity contribution < 1.29 is 0 Å². The lowest BCUT2D eigenvalue weighted by atomic mass is 10.1. The second-order valence-electron chi connectivity index (χ2n) is 4.97. The van der Waals surface area contributed by atoms with E-state index >= 15 is 0 Å². The number of nitrogens with zero attached hydrogens (tertiary/aromatic N) is 1. The summed E-state index contributed by atoms with van der Waals surface area (Å²) in [5, 5.41) is 6.66. The highest BCUT2D eigenvalue weighted by atomic mass is 35.5. The maximum atomic E-state index is 12.6. The number of anilines is 2. The van der Waals surface area contributed by atoms with Gasteiger partial charge < -0.3 is 11.1 Å². The monoisotopic (exact) mass is 378 g/mol. The Balaban J connectivity index is 1.94. The van der Waals surface area contributed by atoms with Gasteiger partial charge in [0.25, 0.3) is 5.56 Å². The van der Waals surface area contributed by atoms with Crippen molar-refractivity contribution in [1.82, 2.24) is 9.78 Å². The van der Waals surface area contributed by atoms with E-state index < -0.39 is 0 Å². The van der Waals surface area contributed by atoms with Gasteiger partial charge in [-0.05, 0) is 36.0 Å². The second kappa shape index (κ2) is 6.68. The van der Waals surface area contributed by atoms with Crippen LogP contribution < -0.4 is 16.6 Å². The van der Waals surface area contributed by atoms with Crippen LogP contribution >= 0.6 is 35.4 Å². The Morgan fingerprint density at radius 3 is 2.50 bits per heavy atom. The third-order valence-electron chi connectivity index (χ3n) is 3.35. The number of nitrogen functional groups attached to an aromatic ring is 1. The molecule has 4 N–H and O–H groups in total. The smallest absolute Gasteiger partial charge is 0.283 e. The predicted octanol–water partition coefficient (Wildman–Crippen LogP) is 3.98. The van der Waals surface area contributed by atoms with Gasteiger partial charge in [-0.25, -0.2) is 0 Å². The highest BCUT2D eigenvalue weighted by Gasteiger charge is 2.16. The van der Waals surface area contributed by atoms with Crippen LogP contribution in [0, 0.1) is 0 Å². The number of aromatic amines is 1. The lowest BCUT2D eigenvalue weighted by molar-refractivity contribution is 0.919. The van der Waals surface area contributed by atoms with Crippen molar-refractivity contribution in [3.63, 3.8) is 0 Å². The zero-order valence-electron chi connectivity index (χ0n) is 12.2. The number of hydrogen-bond donors (Lipinski definition) is 3. The summed E-state index contributed by atoms with van der Waals surface area (Å²) in [7, 11) is 0. The summed E-state index contributed by atoms with van der Waals surface area (Å²) in [5.41, 5.74) is 7.30. The van der Waals surface area contributed by atoms with E-state index in [9.17, 15) is 4.79 Å². The summed E-state index contributed by atoms with van der Waals surface area (Å²) in [4.78, 5) is 12.6. The molecule has 0 atom stereocenters. The number of nitrogens with one attached hydrogen (secondary N) is 2. The van der Waals surface area contributed by atoms with Crippen molar-refractivity contribution in [2.75, 3.05) is 11.1 Å². The van der Waals surface area contributed by atoms with Gasteiger partial charge in [0.15, 0.2) is 5.11 Å². The van der Waals surface area contributed by atoms with Crippen LogP contribution in [0.4, 0.5) is 11.5 Å². The van der Waals surface area contributed by atoms with E-state index in [0.29, 0.717) is 26.9 Å². The average Bonchev–Trinajstić information content (AvgIpc) is 2.86. The van der Waals surface area contributed by atoms with Crippen molar-refractivity contribution >= 4 is 52.0 Å². The SMILES string of the molecule is Nc1[nH]n(C(=S)Nc2ccc(Cl)c(Cl)c2)c(=O)c1-c1ccccc1. The normalized spacial score (nSPS) is 10.6. The Labute approximate surface area is 153 Å². The van der Waals surface area contributed by atoms with E-state index in [2.05, 4.69) is 10.4 Å². The summed E-state index contributed by atoms with van der Waals surface area (Å²) in [6.45, 7) is 0. The van der Waals surface area contributed by atoms with Gasteiger partial charge in [0.05, 0.1) is 15.6 Å². The van der Waals surface area contributed by atoms with Crippen LogP contribution in [0.3, 0.4) is 0 Å². The number of H-pyrrole nitrogens is 1. The number of benzene rings is 2. The Hall–Kier alpha value is -2.28. The van der Waals surface area contributed by atoms with E-state index in [1.807, 2.05) is 18.2 Å². The number of nitrogens with two attached hydrogens (primary N) is 1. The van der Waals surface area contributed by atoms with Crippen LogP contribution in [0.1, 0.15) is 0 Å². The largest absolute Gasteiger partial charge is 0.383 e. The fourth-order valence-corrected chi connectivity index (χ4v) is 2.78. The van der Waals surface area contributed by atoms with Crippen molar-refractivity contribution in [1.29, 1.82) is 0 Å². The zero-order valence-corrected chi connectivity index (χ0v) is 14.5. The molecule has 8 heteroatoms. The standard InChI is InChI=1S/C16H12Cl2N4OS/c17-11-7-6-10(8-12(11)18)20-16(24)22-15(23)13(14(19)21-22)9-4-2-1-3-5-9/h1-8,21H,19H2,(H,20,24). The van der Waals surface area contributed by atoms with Crippen molar-refractivity contribution in [2.45, 2.75) is 0 Å². The molecule has 1 heterocycles. The van der Waals surface area contributed by atoms with E-state index in [1.165, 1.54) is 4.68 Å². The first-order valence-electron chi connectivity index (χ1n) is 6.89. The summed E-state index contributed by atoms with van der Waals surface area (Å²) >= 11 is 17.1. The van der Waals surface area contributed by atoms with Gasteiger partial charge >= 0.3 is 0 Å². The van der Waals surface area contributed by atoms with Crippen LogP contribution in [0.15, 0.2) is 53.3 Å². The molecule has 0 spiro atoms. The molecule has 5 nitrogen and oxygen atoms in total. The molecule has 122 valence electrons. The maximum absolute atomic E-state index is 12.6. The Kier molecular flexibility index (Phi) is 4.62. The van der Waals surface area contributed by atoms with Crippen molar-refractivity contribution in [3.05, 3.63) is 68.9 Å². The van der Waals surface area contributed by atoms with E-state index in [4.69, 9.17) is 41.2 Å². The minimum atomic E-state index is -0.337. The molecule has 0 unspecified atom stereocenters. The molecule has 0 radical (unpaired) electrons. The van der Waals surface area contributed by atoms with Gasteiger partial charge in [0, 0.05) is 5.69 Å². The third-order valence-corrected chi connectivity index (χ3v) is 4.38. The molecular weight excluding hydrogens is 367 g/mol. The van der Waals surface area contributed by atoms with Crippen LogP contribution in [0.2, 0.25) is 10.0 Å². The predicted molar refractivity (Wildman–Crippen MR) is 103 cm³/mol. The van der Waals surface area contributed by atoms with E-state index in [1.54, 1.807) is 30.3 Å². The van der Waals surface area contributed by atoms with Gasteiger partial charge in [0.2, 0.25) is 0 Å². The van der Waals surface area contributed by atoms with Crippen molar-refractivity contribution in [2.24, 2.45) is 0 Å². The summed E-state index contributed by atoms with van der Waals surface area (Å²) in [5.74, 6) is 0.240. The highest BCUT2D eigenvalue weighted by Crippen LogP contribution is 2.25. The lowest BCUT2D eigenvalue weighted by Gasteiger charge is -2.08. The molecule has 3 rings (SSSR count). The van der Waals surface area contributed by atoms with Gasteiger partial charge in [0.1, 0.15) is 5.82 Å². The molecular formula is C16H12Cl2N4OS. The van der Waals surface area contributed by atoms with Crippen LogP contribution in [-0.2, 0) is 0 Å². The molecule has 0 bridgehead atoms. The quantitative estimate of drug-likeness (QED) is 0.589. The third kappa shape index (κ3) is 3.17. The maximum Gasteiger partial charge on any atom is 0.283 e. The fraction of sp³-hybridized carbons (Fsp3) is 0. The molecule has 0 amide bonds. The number of thiocarbonyl (C=S) groups is 1. The molecule has 0 aliphatic rings. The molecule has 0 aliphatic carbocycles. The topological polar surface area (TPSA) is 75.8 Å². The van der Waals surface area contributed by atoms with Gasteiger partial charge in [-0.15, -0.1) is 0 Å². The van der Waals surface area contributed by atoms with Gasteiger partial charge in [-0.2, -0.15) is 4.68 Å². The average molecular weight is 379 g/mol. The molecule has 24 heavy (non-hydrogen) atoms.